The summed E-state index contributed by atoms with van der Waals surface area (Å²) in [4.78, 5) is 31.5. The number of hydrogen-bond donors (Lipinski definition) is 1. The van der Waals surface area contributed by atoms with E-state index in [1.165, 1.54) is 0 Å². The Morgan fingerprint density at radius 3 is 2.69 bits per heavy atom. The van der Waals surface area contributed by atoms with E-state index in [-0.39, 0.29) is 17.7 Å². The molecule has 2 aromatic heterocycles. The molecule has 0 radical (unpaired) electrons. The first-order chi connectivity index (χ1) is 15.5. The maximum absolute atomic E-state index is 13.0. The number of carbonyl (C=O) groups is 2. The third-order valence-corrected chi connectivity index (χ3v) is 5.96. The van der Waals surface area contributed by atoms with Crippen LogP contribution in [-0.2, 0) is 17.9 Å². The van der Waals surface area contributed by atoms with Crippen LogP contribution in [0.3, 0.4) is 0 Å². The zero-order valence-electron chi connectivity index (χ0n) is 18.5. The van der Waals surface area contributed by atoms with Crippen molar-refractivity contribution in [2.75, 3.05) is 13.1 Å². The molecule has 32 heavy (non-hydrogen) atoms. The molecule has 3 heterocycles. The lowest BCUT2D eigenvalue weighted by Gasteiger charge is -2.32. The minimum absolute atomic E-state index is 0.0183. The number of amides is 2. The third kappa shape index (κ3) is 5.22. The summed E-state index contributed by atoms with van der Waals surface area (Å²) in [5.74, 6) is 1.07. The highest BCUT2D eigenvalue weighted by Gasteiger charge is 2.26. The molecular formula is C23H28N6O3. The van der Waals surface area contributed by atoms with E-state index in [0.29, 0.717) is 36.5 Å². The van der Waals surface area contributed by atoms with Crippen molar-refractivity contribution >= 4 is 11.8 Å². The maximum atomic E-state index is 13.0. The molecule has 4 rings (SSSR count). The first-order valence-electron chi connectivity index (χ1n) is 10.9. The van der Waals surface area contributed by atoms with Gasteiger partial charge in [-0.05, 0) is 50.3 Å². The Bertz CT molecular complexity index is 1070. The van der Waals surface area contributed by atoms with Crippen molar-refractivity contribution in [3.8, 4) is 0 Å². The van der Waals surface area contributed by atoms with E-state index in [9.17, 15) is 9.59 Å². The molecule has 1 saturated heterocycles. The predicted molar refractivity (Wildman–Crippen MR) is 117 cm³/mol. The van der Waals surface area contributed by atoms with Crippen LogP contribution in [0, 0.1) is 19.8 Å². The number of hydrogen-bond acceptors (Lipinski definition) is 6. The molecule has 9 nitrogen and oxygen atoms in total. The molecule has 9 heteroatoms. The van der Waals surface area contributed by atoms with Crippen LogP contribution < -0.4 is 5.32 Å². The lowest BCUT2D eigenvalue weighted by molar-refractivity contribution is -0.122. The average molecular weight is 437 g/mol. The fourth-order valence-electron chi connectivity index (χ4n) is 4.05. The Morgan fingerprint density at radius 1 is 1.19 bits per heavy atom. The molecule has 1 N–H and O–H groups in total. The van der Waals surface area contributed by atoms with E-state index in [0.717, 1.165) is 37.3 Å². The molecule has 2 amide bonds. The van der Waals surface area contributed by atoms with Gasteiger partial charge in [-0.2, -0.15) is 0 Å². The second-order valence-electron chi connectivity index (χ2n) is 8.34. The highest BCUT2D eigenvalue weighted by Crippen LogP contribution is 2.22. The molecule has 0 saturated carbocycles. The number of aryl methyl sites for hydroxylation is 2. The molecule has 1 fully saturated rings. The van der Waals surface area contributed by atoms with Crippen LogP contribution >= 0.6 is 0 Å². The van der Waals surface area contributed by atoms with Crippen molar-refractivity contribution < 1.29 is 14.2 Å². The standard InChI is InChI=1S/C23H28N6O3/c1-16-21(27-32-26-16)13-25-22(30)12-19-4-3-10-29(15-19)23(31)20-7-5-18(6-8-20)14-28-11-9-24-17(28)2/h5-9,11,19H,3-4,10,12-15H2,1-2H3,(H,25,30)/t19-/m1/s1. The summed E-state index contributed by atoms with van der Waals surface area (Å²) in [6.45, 7) is 6.09. The van der Waals surface area contributed by atoms with Crippen LogP contribution in [0.2, 0.25) is 0 Å². The number of rotatable bonds is 7. The van der Waals surface area contributed by atoms with E-state index in [1.54, 1.807) is 13.1 Å². The molecule has 0 unspecified atom stereocenters. The zero-order valence-corrected chi connectivity index (χ0v) is 18.5. The van der Waals surface area contributed by atoms with E-state index in [1.807, 2.05) is 42.3 Å². The van der Waals surface area contributed by atoms with Crippen molar-refractivity contribution in [2.24, 2.45) is 5.92 Å². The van der Waals surface area contributed by atoms with Crippen LogP contribution in [-0.4, -0.2) is 49.7 Å². The summed E-state index contributed by atoms with van der Waals surface area (Å²) in [7, 11) is 0. The van der Waals surface area contributed by atoms with E-state index >= 15 is 0 Å². The number of imidazole rings is 1. The number of nitrogens with zero attached hydrogens (tertiary/aromatic N) is 5. The Kier molecular flexibility index (Phi) is 6.63. The smallest absolute Gasteiger partial charge is 0.253 e. The van der Waals surface area contributed by atoms with Crippen LogP contribution in [0.15, 0.2) is 41.3 Å². The monoisotopic (exact) mass is 436 g/mol. The highest BCUT2D eigenvalue weighted by atomic mass is 16.6. The van der Waals surface area contributed by atoms with E-state index in [4.69, 9.17) is 0 Å². The van der Waals surface area contributed by atoms with Gasteiger partial charge < -0.3 is 14.8 Å². The normalized spacial score (nSPS) is 16.2. The second kappa shape index (κ2) is 9.76. The van der Waals surface area contributed by atoms with Crippen LogP contribution in [0.5, 0.6) is 0 Å². The van der Waals surface area contributed by atoms with Crippen molar-refractivity contribution in [1.82, 2.24) is 30.1 Å². The summed E-state index contributed by atoms with van der Waals surface area (Å²) in [5, 5.41) is 10.4. The largest absolute Gasteiger partial charge is 0.350 e. The summed E-state index contributed by atoms with van der Waals surface area (Å²) >= 11 is 0. The number of piperidine rings is 1. The van der Waals surface area contributed by atoms with Gasteiger partial charge in [0.05, 0.1) is 6.54 Å². The number of benzene rings is 1. The summed E-state index contributed by atoms with van der Waals surface area (Å²) < 4.78 is 6.72. The van der Waals surface area contributed by atoms with Gasteiger partial charge in [0.25, 0.3) is 5.91 Å². The molecule has 0 aliphatic carbocycles. The minimum Gasteiger partial charge on any atom is -0.350 e. The van der Waals surface area contributed by atoms with E-state index in [2.05, 4.69) is 29.8 Å². The van der Waals surface area contributed by atoms with Gasteiger partial charge in [0.15, 0.2) is 0 Å². The van der Waals surface area contributed by atoms with Gasteiger partial charge in [0.1, 0.15) is 17.2 Å². The molecule has 3 aromatic rings. The van der Waals surface area contributed by atoms with Crippen molar-refractivity contribution in [1.29, 1.82) is 0 Å². The van der Waals surface area contributed by atoms with Gasteiger partial charge in [-0.15, -0.1) is 0 Å². The summed E-state index contributed by atoms with van der Waals surface area (Å²) in [5.41, 5.74) is 3.10. The third-order valence-electron chi connectivity index (χ3n) is 5.96. The summed E-state index contributed by atoms with van der Waals surface area (Å²) in [6.07, 6.45) is 5.95. The molecule has 168 valence electrons. The fraction of sp³-hybridized carbons (Fsp3) is 0.435. The van der Waals surface area contributed by atoms with Crippen molar-refractivity contribution in [3.05, 3.63) is 65.0 Å². The lowest BCUT2D eigenvalue weighted by atomic mass is 9.94. The minimum atomic E-state index is -0.0501. The quantitative estimate of drug-likeness (QED) is 0.610. The molecule has 1 atom stereocenters. The topological polar surface area (TPSA) is 106 Å². The van der Waals surface area contributed by atoms with Crippen LogP contribution in [0.25, 0.3) is 0 Å². The van der Waals surface area contributed by atoms with Crippen LogP contribution in [0.1, 0.15) is 52.4 Å². The molecule has 0 bridgehead atoms. The first kappa shape index (κ1) is 21.7. The van der Waals surface area contributed by atoms with Crippen molar-refractivity contribution in [3.63, 3.8) is 0 Å². The average Bonchev–Trinajstić information content (AvgIpc) is 3.40. The van der Waals surface area contributed by atoms with E-state index < -0.39 is 0 Å². The Balaban J connectivity index is 1.29. The second-order valence-corrected chi connectivity index (χ2v) is 8.34. The molecular weight excluding hydrogens is 408 g/mol. The summed E-state index contributed by atoms with van der Waals surface area (Å²) in [6, 6.07) is 7.74. The van der Waals surface area contributed by atoms with Gasteiger partial charge in [-0.1, -0.05) is 22.4 Å². The molecule has 1 aliphatic rings. The SMILES string of the molecule is Cc1nonc1CNC(=O)C[C@H]1CCCN(C(=O)c2ccc(Cn3ccnc3C)cc2)C1. The Labute approximate surface area is 186 Å². The fourth-order valence-corrected chi connectivity index (χ4v) is 4.05. The first-order valence-corrected chi connectivity index (χ1v) is 10.9. The molecule has 1 aliphatic heterocycles. The lowest BCUT2D eigenvalue weighted by Crippen LogP contribution is -2.41. The van der Waals surface area contributed by atoms with Crippen molar-refractivity contribution in [2.45, 2.75) is 46.2 Å². The van der Waals surface area contributed by atoms with Gasteiger partial charge in [0, 0.05) is 44.0 Å². The molecule has 0 spiro atoms. The number of carbonyl (C=O) groups excluding carboxylic acids is 2. The number of aromatic nitrogens is 4. The van der Waals surface area contributed by atoms with Gasteiger partial charge in [0.2, 0.25) is 5.91 Å². The molecule has 1 aromatic carbocycles. The van der Waals surface area contributed by atoms with Gasteiger partial charge in [-0.3, -0.25) is 9.59 Å². The number of nitrogens with one attached hydrogen (secondary N) is 1. The van der Waals surface area contributed by atoms with Gasteiger partial charge in [-0.25, -0.2) is 9.61 Å². The highest BCUT2D eigenvalue weighted by molar-refractivity contribution is 5.94. The van der Waals surface area contributed by atoms with Crippen LogP contribution in [0.4, 0.5) is 0 Å². The van der Waals surface area contributed by atoms with Gasteiger partial charge >= 0.3 is 0 Å². The predicted octanol–water partition coefficient (Wildman–Crippen LogP) is 2.49. The maximum Gasteiger partial charge on any atom is 0.253 e. The Morgan fingerprint density at radius 2 is 2.00 bits per heavy atom. The Hall–Kier alpha value is -3.49. The zero-order chi connectivity index (χ0) is 22.5. The number of likely N-dealkylation sites (tertiary alicyclic amines) is 1.